The van der Waals surface area contributed by atoms with E-state index in [1.165, 1.54) is 5.56 Å². The van der Waals surface area contributed by atoms with Crippen molar-refractivity contribution in [2.24, 2.45) is 0 Å². The van der Waals surface area contributed by atoms with Gasteiger partial charge >= 0.3 is 0 Å². The molecule has 0 unspecified atom stereocenters. The number of hydrogen-bond donors (Lipinski definition) is 2. The molecule has 0 saturated carbocycles. The van der Waals surface area contributed by atoms with E-state index in [2.05, 4.69) is 20.2 Å². The molecule has 0 bridgehead atoms. The zero-order valence-corrected chi connectivity index (χ0v) is 12.6. The summed E-state index contributed by atoms with van der Waals surface area (Å²) in [6.07, 6.45) is 1.72. The van der Waals surface area contributed by atoms with Crippen LogP contribution < -0.4 is 10.6 Å². The topological polar surface area (TPSA) is 66.9 Å². The van der Waals surface area contributed by atoms with Crippen molar-refractivity contribution in [2.75, 3.05) is 17.2 Å². The lowest BCUT2D eigenvalue weighted by molar-refractivity contribution is 0.102. The first kappa shape index (κ1) is 14.7. The van der Waals surface area contributed by atoms with Gasteiger partial charge < -0.3 is 10.6 Å². The second-order valence-corrected chi connectivity index (χ2v) is 5.16. The molecule has 7 heteroatoms. The molecule has 1 aliphatic heterocycles. The molecule has 5 nitrogen and oxygen atoms in total. The van der Waals surface area contributed by atoms with E-state index in [1.54, 1.807) is 0 Å². The third-order valence-electron chi connectivity index (χ3n) is 3.17. The van der Waals surface area contributed by atoms with Gasteiger partial charge in [0.25, 0.3) is 5.91 Å². The highest BCUT2D eigenvalue weighted by molar-refractivity contribution is 7.08. The molecular weight excluding hydrogens is 296 g/mol. The summed E-state index contributed by atoms with van der Waals surface area (Å²) in [5, 5.41) is 10.2. The summed E-state index contributed by atoms with van der Waals surface area (Å²) >= 11 is 1.14. The molecule has 1 aliphatic rings. The summed E-state index contributed by atoms with van der Waals surface area (Å²) < 4.78 is 3.83. The summed E-state index contributed by atoms with van der Waals surface area (Å²) in [5.74, 6) is -0.127. The average Bonchev–Trinajstić information content (AvgIpc) is 3.06. The average molecular weight is 311 g/mol. The van der Waals surface area contributed by atoms with Crippen LogP contribution in [0, 0.1) is 0 Å². The summed E-state index contributed by atoms with van der Waals surface area (Å²) in [6.45, 7) is 2.93. The van der Waals surface area contributed by atoms with Crippen LogP contribution >= 0.6 is 23.9 Å². The number of halogens is 1. The Morgan fingerprint density at radius 2 is 2.35 bits per heavy atom. The Bertz CT molecular complexity index is 629. The molecule has 1 amide bonds. The number of fused-ring (bicyclic) bond motifs is 1. The summed E-state index contributed by atoms with van der Waals surface area (Å²) in [7, 11) is 0. The minimum Gasteiger partial charge on any atom is -0.384 e. The van der Waals surface area contributed by atoms with Crippen LogP contribution in [0.15, 0.2) is 18.2 Å². The van der Waals surface area contributed by atoms with Gasteiger partial charge in [-0.3, -0.25) is 4.79 Å². The lowest BCUT2D eigenvalue weighted by atomic mass is 10.1. The highest BCUT2D eigenvalue weighted by Gasteiger charge is 2.16. The Balaban J connectivity index is 0.00000147. The number of nitrogens with one attached hydrogen (secondary N) is 2. The van der Waals surface area contributed by atoms with Crippen LogP contribution in [0.4, 0.5) is 11.4 Å². The Kier molecular flexibility index (Phi) is 4.57. The number of nitrogens with zero attached hydrogens (tertiary/aromatic N) is 2. The molecule has 2 heterocycles. The van der Waals surface area contributed by atoms with E-state index in [1.807, 2.05) is 25.1 Å². The van der Waals surface area contributed by atoms with Crippen molar-refractivity contribution in [1.82, 2.24) is 9.59 Å². The molecule has 0 radical (unpaired) electrons. The minimum atomic E-state index is -0.127. The van der Waals surface area contributed by atoms with E-state index in [4.69, 9.17) is 0 Å². The van der Waals surface area contributed by atoms with E-state index in [0.29, 0.717) is 11.3 Å². The third-order valence-corrected chi connectivity index (χ3v) is 3.94. The molecule has 0 saturated heterocycles. The molecule has 106 valence electrons. The number of hydrogen-bond acceptors (Lipinski definition) is 5. The number of rotatable bonds is 3. The molecule has 2 N–H and O–H groups in total. The molecule has 2 aromatic rings. The maximum absolute atomic E-state index is 12.2. The molecule has 0 fully saturated rings. The fourth-order valence-corrected chi connectivity index (χ4v) is 2.83. The Labute approximate surface area is 127 Å². The molecule has 3 rings (SSSR count). The number of amides is 1. The van der Waals surface area contributed by atoms with Crippen LogP contribution in [0.25, 0.3) is 0 Å². The molecule has 1 aromatic heterocycles. The summed E-state index contributed by atoms with van der Waals surface area (Å²) in [5.41, 5.74) is 3.98. The van der Waals surface area contributed by atoms with Gasteiger partial charge in [-0.15, -0.1) is 17.5 Å². The number of carbonyl (C=O) groups excluding carboxylic acids is 1. The van der Waals surface area contributed by atoms with Crippen LogP contribution in [-0.4, -0.2) is 22.0 Å². The van der Waals surface area contributed by atoms with E-state index in [9.17, 15) is 4.79 Å². The standard InChI is InChI=1S/C13H14N4OS.ClH/c1-2-10-12(19-17-16-10)13(18)15-9-3-4-11-8(7-9)5-6-14-11;/h3-4,7,14H,2,5-6H2,1H3,(H,15,18);1H. The summed E-state index contributed by atoms with van der Waals surface area (Å²) in [6, 6.07) is 5.94. The highest BCUT2D eigenvalue weighted by atomic mass is 35.5. The van der Waals surface area contributed by atoms with Crippen molar-refractivity contribution >= 4 is 41.2 Å². The van der Waals surface area contributed by atoms with Crippen LogP contribution in [0.1, 0.15) is 27.9 Å². The minimum absolute atomic E-state index is 0. The monoisotopic (exact) mass is 310 g/mol. The van der Waals surface area contributed by atoms with Crippen molar-refractivity contribution in [3.63, 3.8) is 0 Å². The fraction of sp³-hybridized carbons (Fsp3) is 0.308. The molecule has 0 spiro atoms. The summed E-state index contributed by atoms with van der Waals surface area (Å²) in [4.78, 5) is 12.8. The van der Waals surface area contributed by atoms with Gasteiger partial charge in [0, 0.05) is 17.9 Å². The second-order valence-electron chi connectivity index (χ2n) is 4.41. The van der Waals surface area contributed by atoms with Crippen molar-refractivity contribution in [1.29, 1.82) is 0 Å². The van der Waals surface area contributed by atoms with Crippen molar-refractivity contribution in [3.05, 3.63) is 34.3 Å². The quantitative estimate of drug-likeness (QED) is 0.915. The van der Waals surface area contributed by atoms with Crippen molar-refractivity contribution < 1.29 is 4.79 Å². The third kappa shape index (κ3) is 2.76. The van der Waals surface area contributed by atoms with Crippen molar-refractivity contribution in [3.8, 4) is 0 Å². The maximum Gasteiger partial charge on any atom is 0.269 e. The van der Waals surface area contributed by atoms with Crippen LogP contribution in [0.5, 0.6) is 0 Å². The van der Waals surface area contributed by atoms with E-state index < -0.39 is 0 Å². The fourth-order valence-electron chi connectivity index (χ4n) is 2.18. The van der Waals surface area contributed by atoms with Gasteiger partial charge in [-0.1, -0.05) is 11.4 Å². The number of aryl methyl sites for hydroxylation is 1. The van der Waals surface area contributed by atoms with Gasteiger partial charge in [0.05, 0.1) is 5.69 Å². The Hall–Kier alpha value is -1.66. The lowest BCUT2D eigenvalue weighted by Crippen LogP contribution is -2.12. The van der Waals surface area contributed by atoms with E-state index in [0.717, 1.165) is 41.6 Å². The zero-order valence-electron chi connectivity index (χ0n) is 11.0. The van der Waals surface area contributed by atoms with Crippen LogP contribution in [0.3, 0.4) is 0 Å². The molecule has 1 aromatic carbocycles. The Morgan fingerprint density at radius 3 is 3.15 bits per heavy atom. The van der Waals surface area contributed by atoms with E-state index >= 15 is 0 Å². The van der Waals surface area contributed by atoms with Gasteiger partial charge in [0.15, 0.2) is 0 Å². The first-order valence-corrected chi connectivity index (χ1v) is 7.04. The van der Waals surface area contributed by atoms with Crippen LogP contribution in [-0.2, 0) is 12.8 Å². The van der Waals surface area contributed by atoms with Crippen LogP contribution in [0.2, 0.25) is 0 Å². The normalized spacial score (nSPS) is 12.2. The molecule has 0 aliphatic carbocycles. The smallest absolute Gasteiger partial charge is 0.269 e. The predicted octanol–water partition coefficient (Wildman–Crippen LogP) is 2.74. The second kappa shape index (κ2) is 6.19. The number of aromatic nitrogens is 2. The molecular formula is C13H15ClN4OS. The first-order valence-electron chi connectivity index (χ1n) is 6.27. The van der Waals surface area contributed by atoms with Gasteiger partial charge in [-0.25, -0.2) is 0 Å². The predicted molar refractivity (Wildman–Crippen MR) is 83.1 cm³/mol. The van der Waals surface area contributed by atoms with Gasteiger partial charge in [0.2, 0.25) is 0 Å². The maximum atomic E-state index is 12.2. The van der Waals surface area contributed by atoms with Crippen molar-refractivity contribution in [2.45, 2.75) is 19.8 Å². The van der Waals surface area contributed by atoms with Gasteiger partial charge in [0.1, 0.15) is 4.88 Å². The van der Waals surface area contributed by atoms with Gasteiger partial charge in [-0.2, -0.15) is 0 Å². The van der Waals surface area contributed by atoms with Gasteiger partial charge in [-0.05, 0) is 48.1 Å². The Morgan fingerprint density at radius 1 is 1.50 bits per heavy atom. The number of carbonyl (C=O) groups is 1. The molecule has 20 heavy (non-hydrogen) atoms. The first-order chi connectivity index (χ1) is 9.28. The largest absolute Gasteiger partial charge is 0.384 e. The highest BCUT2D eigenvalue weighted by Crippen LogP contribution is 2.25. The molecule has 0 atom stereocenters. The SMILES string of the molecule is CCc1nnsc1C(=O)Nc1ccc2c(c1)CCN2.Cl. The lowest BCUT2D eigenvalue weighted by Gasteiger charge is -2.06. The zero-order chi connectivity index (χ0) is 13.2. The number of benzene rings is 1. The van der Waals surface area contributed by atoms with E-state index in [-0.39, 0.29) is 18.3 Å². The number of anilines is 2.